The maximum Gasteiger partial charge on any atom is 0.256 e. The molecule has 34 heavy (non-hydrogen) atoms. The molecule has 6 heteroatoms. The van der Waals surface area contributed by atoms with E-state index in [0.717, 1.165) is 54.0 Å². The number of H-pyrrole nitrogens is 1. The Hall–Kier alpha value is -3.51. The lowest BCUT2D eigenvalue weighted by molar-refractivity contribution is -0.110. The fourth-order valence-electron chi connectivity index (χ4n) is 5.43. The van der Waals surface area contributed by atoms with Crippen LogP contribution in [0.5, 0.6) is 11.5 Å². The van der Waals surface area contributed by atoms with Crippen molar-refractivity contribution < 1.29 is 14.3 Å². The molecule has 0 bridgehead atoms. The number of hydrogen-bond donors (Lipinski definition) is 3. The van der Waals surface area contributed by atoms with Crippen molar-refractivity contribution in [3.63, 3.8) is 0 Å². The number of rotatable bonds is 5. The highest BCUT2D eigenvalue weighted by molar-refractivity contribution is 6.36. The molecule has 6 nitrogen and oxygen atoms in total. The minimum Gasteiger partial charge on any atom is -0.493 e. The van der Waals surface area contributed by atoms with E-state index < -0.39 is 0 Å². The van der Waals surface area contributed by atoms with Gasteiger partial charge in [0, 0.05) is 22.6 Å². The highest BCUT2D eigenvalue weighted by Gasteiger charge is 2.29. The molecule has 3 N–H and O–H groups in total. The molecule has 2 aliphatic heterocycles. The Kier molecular flexibility index (Phi) is 5.92. The van der Waals surface area contributed by atoms with E-state index in [0.29, 0.717) is 23.0 Å². The van der Waals surface area contributed by atoms with Gasteiger partial charge in [0.25, 0.3) is 5.91 Å². The summed E-state index contributed by atoms with van der Waals surface area (Å²) in [6.07, 6.45) is 4.29. The average Bonchev–Trinajstić information content (AvgIpc) is 3.33. The van der Waals surface area contributed by atoms with E-state index >= 15 is 0 Å². The van der Waals surface area contributed by atoms with Gasteiger partial charge in [-0.2, -0.15) is 0 Å². The van der Waals surface area contributed by atoms with Crippen LogP contribution >= 0.6 is 0 Å². The van der Waals surface area contributed by atoms with Gasteiger partial charge in [0.05, 0.1) is 19.8 Å². The van der Waals surface area contributed by atoms with Crippen molar-refractivity contribution in [3.05, 3.63) is 64.5 Å². The Bertz CT molecular complexity index is 1280. The second-order valence-electron chi connectivity index (χ2n) is 9.04. The van der Waals surface area contributed by atoms with Gasteiger partial charge in [-0.05, 0) is 92.2 Å². The van der Waals surface area contributed by atoms with Crippen LogP contribution in [0.1, 0.15) is 46.8 Å². The third-order valence-corrected chi connectivity index (χ3v) is 7.09. The summed E-state index contributed by atoms with van der Waals surface area (Å²) in [7, 11) is 3.25. The number of piperidine rings is 1. The summed E-state index contributed by atoms with van der Waals surface area (Å²) >= 11 is 0. The summed E-state index contributed by atoms with van der Waals surface area (Å²) in [5.74, 6) is 1.80. The molecule has 1 aromatic heterocycles. The number of carbonyl (C=O) groups is 1. The van der Waals surface area contributed by atoms with Crippen molar-refractivity contribution in [2.24, 2.45) is 0 Å². The fourth-order valence-corrected chi connectivity index (χ4v) is 5.43. The number of benzene rings is 2. The Labute approximate surface area is 200 Å². The van der Waals surface area contributed by atoms with Crippen LogP contribution in [0.4, 0.5) is 5.69 Å². The monoisotopic (exact) mass is 457 g/mol. The van der Waals surface area contributed by atoms with Gasteiger partial charge in [-0.1, -0.05) is 18.2 Å². The zero-order valence-electron chi connectivity index (χ0n) is 20.2. The molecule has 0 spiro atoms. The third-order valence-electron chi connectivity index (χ3n) is 7.09. The molecule has 2 aliphatic rings. The van der Waals surface area contributed by atoms with E-state index in [1.165, 1.54) is 16.8 Å². The van der Waals surface area contributed by atoms with Gasteiger partial charge >= 0.3 is 0 Å². The average molecular weight is 458 g/mol. The lowest BCUT2D eigenvalue weighted by atomic mass is 9.87. The second-order valence-corrected chi connectivity index (χ2v) is 9.04. The van der Waals surface area contributed by atoms with Gasteiger partial charge in [0.1, 0.15) is 0 Å². The molecule has 0 saturated carbocycles. The Morgan fingerprint density at radius 1 is 1.00 bits per heavy atom. The zero-order valence-corrected chi connectivity index (χ0v) is 20.2. The fraction of sp³-hybridized carbons (Fsp3) is 0.321. The maximum atomic E-state index is 13.1. The number of ether oxygens (including phenoxy) is 2. The number of aromatic nitrogens is 1. The number of methoxy groups -OCH3 is 2. The molecule has 0 atom stereocenters. The number of anilines is 1. The first-order valence-electron chi connectivity index (χ1n) is 11.8. The lowest BCUT2D eigenvalue weighted by Crippen LogP contribution is -2.27. The normalized spacial score (nSPS) is 17.1. The van der Waals surface area contributed by atoms with Gasteiger partial charge < -0.3 is 25.1 Å². The Morgan fingerprint density at radius 3 is 2.50 bits per heavy atom. The molecule has 1 saturated heterocycles. The van der Waals surface area contributed by atoms with Gasteiger partial charge in [0.2, 0.25) is 0 Å². The topological polar surface area (TPSA) is 75.4 Å². The Morgan fingerprint density at radius 2 is 1.76 bits per heavy atom. The van der Waals surface area contributed by atoms with Crippen LogP contribution in [0.25, 0.3) is 22.8 Å². The summed E-state index contributed by atoms with van der Waals surface area (Å²) < 4.78 is 10.9. The predicted octanol–water partition coefficient (Wildman–Crippen LogP) is 5.28. The van der Waals surface area contributed by atoms with Crippen molar-refractivity contribution in [2.75, 3.05) is 32.6 Å². The smallest absolute Gasteiger partial charge is 0.256 e. The summed E-state index contributed by atoms with van der Waals surface area (Å²) in [6, 6.07) is 11.8. The minimum atomic E-state index is -0.0852. The van der Waals surface area contributed by atoms with E-state index in [1.807, 2.05) is 42.5 Å². The van der Waals surface area contributed by atoms with Crippen LogP contribution in [0.15, 0.2) is 36.4 Å². The van der Waals surface area contributed by atoms with Crippen molar-refractivity contribution in [1.29, 1.82) is 0 Å². The summed E-state index contributed by atoms with van der Waals surface area (Å²) in [5, 5.41) is 6.50. The van der Waals surface area contributed by atoms with Crippen LogP contribution in [0.3, 0.4) is 0 Å². The highest BCUT2D eigenvalue weighted by Crippen LogP contribution is 2.43. The number of amides is 1. The number of aromatic amines is 1. The van der Waals surface area contributed by atoms with E-state index in [2.05, 4.69) is 29.5 Å². The first-order chi connectivity index (χ1) is 16.5. The first-order valence-corrected chi connectivity index (χ1v) is 11.8. The molecule has 3 heterocycles. The van der Waals surface area contributed by atoms with Crippen LogP contribution in [-0.2, 0) is 4.79 Å². The van der Waals surface area contributed by atoms with Gasteiger partial charge in [0.15, 0.2) is 11.5 Å². The van der Waals surface area contributed by atoms with E-state index in [9.17, 15) is 4.79 Å². The molecule has 0 radical (unpaired) electrons. The predicted molar refractivity (Wildman–Crippen MR) is 137 cm³/mol. The number of carbonyl (C=O) groups excluding carboxylic acids is 1. The Balaban J connectivity index is 1.60. The van der Waals surface area contributed by atoms with Crippen molar-refractivity contribution in [3.8, 4) is 22.6 Å². The van der Waals surface area contributed by atoms with Crippen molar-refractivity contribution in [2.45, 2.75) is 32.6 Å². The summed E-state index contributed by atoms with van der Waals surface area (Å²) in [6.45, 7) is 6.41. The molecule has 0 unspecified atom stereocenters. The largest absolute Gasteiger partial charge is 0.493 e. The van der Waals surface area contributed by atoms with Crippen LogP contribution in [0.2, 0.25) is 0 Å². The number of aryl methyl sites for hydroxylation is 1. The molecule has 0 aliphatic carbocycles. The van der Waals surface area contributed by atoms with Crippen LogP contribution in [0, 0.1) is 13.8 Å². The lowest BCUT2D eigenvalue weighted by Gasteiger charge is -2.23. The second kappa shape index (κ2) is 9.03. The van der Waals surface area contributed by atoms with E-state index in [4.69, 9.17) is 9.47 Å². The maximum absolute atomic E-state index is 13.1. The van der Waals surface area contributed by atoms with Crippen LogP contribution < -0.4 is 20.1 Å². The summed E-state index contributed by atoms with van der Waals surface area (Å²) in [4.78, 5) is 16.7. The van der Waals surface area contributed by atoms with E-state index in [1.54, 1.807) is 14.2 Å². The number of fused-ring (bicyclic) bond motifs is 1. The number of hydrogen-bond acceptors (Lipinski definition) is 4. The molecule has 2 aromatic carbocycles. The number of nitrogens with one attached hydrogen (secondary N) is 3. The standard InChI is InChI=1S/C28H31N3O3/c1-16-23(30-17(2)26(16)18-10-12-29-13-11-18)15-21-27-20(6-5-7-22(27)31-28(21)32)19-8-9-24(33-3)25(14-19)34-4/h5-9,14-15,18,29-30H,10-13H2,1-4H3,(H,31,32)/b21-15-. The molecule has 1 fully saturated rings. The first kappa shape index (κ1) is 22.3. The molecule has 5 rings (SSSR count). The third kappa shape index (κ3) is 3.78. The molecule has 3 aromatic rings. The van der Waals surface area contributed by atoms with E-state index in [-0.39, 0.29) is 5.91 Å². The molecule has 176 valence electrons. The molecular weight excluding hydrogens is 426 g/mol. The SMILES string of the molecule is COc1ccc(-c2cccc3c2/C(=C/c2[nH]c(C)c(C4CCNCC4)c2C)C(=O)N3)cc1OC. The quantitative estimate of drug-likeness (QED) is 0.456. The highest BCUT2D eigenvalue weighted by atomic mass is 16.5. The van der Waals surface area contributed by atoms with Gasteiger partial charge in [-0.3, -0.25) is 4.79 Å². The minimum absolute atomic E-state index is 0.0852. The zero-order chi connectivity index (χ0) is 23.8. The van der Waals surface area contributed by atoms with Crippen molar-refractivity contribution >= 4 is 23.2 Å². The molecule has 1 amide bonds. The summed E-state index contributed by atoms with van der Waals surface area (Å²) in [5.41, 5.74) is 9.18. The molecular formula is C28H31N3O3. The van der Waals surface area contributed by atoms with Gasteiger partial charge in [-0.15, -0.1) is 0 Å². The van der Waals surface area contributed by atoms with Gasteiger partial charge in [-0.25, -0.2) is 0 Å². The van der Waals surface area contributed by atoms with Crippen molar-refractivity contribution in [1.82, 2.24) is 10.3 Å². The van der Waals surface area contributed by atoms with Crippen LogP contribution in [-0.4, -0.2) is 38.2 Å².